The molecule has 0 radical (unpaired) electrons. The zero-order chi connectivity index (χ0) is 18.2. The second-order valence-electron chi connectivity index (χ2n) is 5.18. The van der Waals surface area contributed by atoms with Gasteiger partial charge in [0.15, 0.2) is 0 Å². The topological polar surface area (TPSA) is 89.2 Å². The molecule has 0 unspecified atom stereocenters. The van der Waals surface area contributed by atoms with Crippen molar-refractivity contribution in [2.45, 2.75) is 24.4 Å². The maximum atomic E-state index is 12.7. The van der Waals surface area contributed by atoms with Crippen LogP contribution in [0.25, 0.3) is 4.96 Å². The van der Waals surface area contributed by atoms with Gasteiger partial charge >= 0.3 is 6.18 Å². The second kappa shape index (κ2) is 6.35. The third kappa shape index (κ3) is 3.80. The fourth-order valence-corrected chi connectivity index (χ4v) is 4.06. The summed E-state index contributed by atoms with van der Waals surface area (Å²) in [5, 5.41) is 10.6. The van der Waals surface area contributed by atoms with Crippen LogP contribution in [0.5, 0.6) is 0 Å². The predicted octanol–water partition coefficient (Wildman–Crippen LogP) is 2.03. The van der Waals surface area contributed by atoms with Crippen LogP contribution in [-0.2, 0) is 22.6 Å². The minimum atomic E-state index is -4.66. The SMILES string of the molecule is Cc1cccc(S(=O)(=O)NCCc2nn3c(C(F)(F)F)nnc3s2)c1. The van der Waals surface area contributed by atoms with Crippen molar-refractivity contribution in [2.75, 3.05) is 6.54 Å². The summed E-state index contributed by atoms with van der Waals surface area (Å²) >= 11 is 0.926. The third-order valence-corrected chi connectivity index (χ3v) is 5.63. The van der Waals surface area contributed by atoms with Crippen molar-refractivity contribution in [3.63, 3.8) is 0 Å². The van der Waals surface area contributed by atoms with Gasteiger partial charge in [-0.1, -0.05) is 23.5 Å². The molecule has 0 spiro atoms. The average Bonchev–Trinajstić information content (AvgIpc) is 3.05. The van der Waals surface area contributed by atoms with Crippen LogP contribution in [-0.4, -0.2) is 34.8 Å². The van der Waals surface area contributed by atoms with E-state index in [-0.39, 0.29) is 22.8 Å². The summed E-state index contributed by atoms with van der Waals surface area (Å²) in [4.78, 5) is 0.133. The number of nitrogens with zero attached hydrogens (tertiary/aromatic N) is 4. The molecule has 3 rings (SSSR count). The summed E-state index contributed by atoms with van der Waals surface area (Å²) in [5.41, 5.74) is 0.802. The fourth-order valence-electron chi connectivity index (χ4n) is 2.09. The van der Waals surface area contributed by atoms with Crippen molar-refractivity contribution in [3.8, 4) is 0 Å². The molecule has 0 saturated heterocycles. The number of aromatic nitrogens is 4. The number of fused-ring (bicyclic) bond motifs is 1. The molecular weight excluding hydrogens is 379 g/mol. The van der Waals surface area contributed by atoms with Crippen LogP contribution in [0.1, 0.15) is 16.4 Å². The molecule has 0 aliphatic carbocycles. The molecule has 134 valence electrons. The summed E-state index contributed by atoms with van der Waals surface area (Å²) in [7, 11) is -3.69. The zero-order valence-corrected chi connectivity index (χ0v) is 14.4. The molecule has 0 aliphatic rings. The number of aryl methyl sites for hydroxylation is 1. The van der Waals surface area contributed by atoms with Gasteiger partial charge in [0, 0.05) is 13.0 Å². The van der Waals surface area contributed by atoms with Crippen LogP contribution >= 0.6 is 11.3 Å². The maximum absolute atomic E-state index is 12.7. The molecule has 0 bridgehead atoms. The number of hydrogen-bond acceptors (Lipinski definition) is 6. The summed E-state index contributed by atoms with van der Waals surface area (Å²) in [5.74, 6) is -1.20. The van der Waals surface area contributed by atoms with Crippen LogP contribution < -0.4 is 4.72 Å². The first-order chi connectivity index (χ1) is 11.7. The molecule has 3 aromatic rings. The first-order valence-electron chi connectivity index (χ1n) is 7.01. The fraction of sp³-hybridized carbons (Fsp3) is 0.308. The van der Waals surface area contributed by atoms with E-state index >= 15 is 0 Å². The van der Waals surface area contributed by atoms with E-state index in [1.165, 1.54) is 12.1 Å². The molecule has 1 aromatic carbocycles. The lowest BCUT2D eigenvalue weighted by atomic mass is 10.2. The van der Waals surface area contributed by atoms with E-state index in [4.69, 9.17) is 0 Å². The first-order valence-corrected chi connectivity index (χ1v) is 9.31. The van der Waals surface area contributed by atoms with Crippen LogP contribution in [0, 0.1) is 6.92 Å². The van der Waals surface area contributed by atoms with Crippen molar-refractivity contribution in [1.29, 1.82) is 0 Å². The highest BCUT2D eigenvalue weighted by Gasteiger charge is 2.38. The van der Waals surface area contributed by atoms with Gasteiger partial charge in [-0.25, -0.2) is 13.1 Å². The summed E-state index contributed by atoms with van der Waals surface area (Å²) in [6.45, 7) is 1.78. The van der Waals surface area contributed by atoms with E-state index in [2.05, 4.69) is 20.0 Å². The number of hydrogen-bond donors (Lipinski definition) is 1. The summed E-state index contributed by atoms with van der Waals surface area (Å²) in [6, 6.07) is 6.40. The van der Waals surface area contributed by atoms with Gasteiger partial charge in [-0.15, -0.1) is 10.2 Å². The van der Waals surface area contributed by atoms with Gasteiger partial charge in [0.25, 0.3) is 5.82 Å². The molecule has 2 aromatic heterocycles. The Morgan fingerprint density at radius 1 is 1.28 bits per heavy atom. The highest BCUT2D eigenvalue weighted by Crippen LogP contribution is 2.29. The highest BCUT2D eigenvalue weighted by molar-refractivity contribution is 7.89. The number of rotatable bonds is 5. The smallest absolute Gasteiger partial charge is 0.211 e. The lowest BCUT2D eigenvalue weighted by molar-refractivity contribution is -0.146. The van der Waals surface area contributed by atoms with Gasteiger partial charge in [-0.3, -0.25) is 0 Å². The van der Waals surface area contributed by atoms with E-state index in [1.807, 2.05) is 0 Å². The van der Waals surface area contributed by atoms with Gasteiger partial charge in [-0.05, 0) is 24.6 Å². The van der Waals surface area contributed by atoms with E-state index < -0.39 is 22.0 Å². The highest BCUT2D eigenvalue weighted by atomic mass is 32.2. The third-order valence-electron chi connectivity index (χ3n) is 3.22. The Morgan fingerprint density at radius 2 is 2.04 bits per heavy atom. The van der Waals surface area contributed by atoms with Gasteiger partial charge in [0.05, 0.1) is 4.90 Å². The van der Waals surface area contributed by atoms with Crippen molar-refractivity contribution in [3.05, 3.63) is 40.7 Å². The summed E-state index contributed by atoms with van der Waals surface area (Å²) < 4.78 is 65.6. The van der Waals surface area contributed by atoms with Crippen LogP contribution in [0.15, 0.2) is 29.2 Å². The van der Waals surface area contributed by atoms with E-state index in [1.54, 1.807) is 19.1 Å². The molecule has 0 amide bonds. The van der Waals surface area contributed by atoms with Crippen molar-refractivity contribution >= 4 is 26.3 Å². The minimum Gasteiger partial charge on any atom is -0.211 e. The molecule has 1 N–H and O–H groups in total. The van der Waals surface area contributed by atoms with E-state index in [0.717, 1.165) is 16.9 Å². The number of alkyl halides is 3. The number of nitrogens with one attached hydrogen (secondary N) is 1. The van der Waals surface area contributed by atoms with Crippen LogP contribution in [0.3, 0.4) is 0 Å². The van der Waals surface area contributed by atoms with Crippen LogP contribution in [0.2, 0.25) is 0 Å². The van der Waals surface area contributed by atoms with Gasteiger partial charge in [0.1, 0.15) is 5.01 Å². The largest absolute Gasteiger partial charge is 0.453 e. The van der Waals surface area contributed by atoms with Crippen LogP contribution in [0.4, 0.5) is 13.2 Å². The number of halogens is 3. The lowest BCUT2D eigenvalue weighted by Crippen LogP contribution is -2.26. The van der Waals surface area contributed by atoms with Gasteiger partial charge < -0.3 is 0 Å². The molecular formula is C13H12F3N5O2S2. The molecule has 0 atom stereocenters. The van der Waals surface area contributed by atoms with E-state index in [0.29, 0.717) is 9.52 Å². The molecule has 7 nitrogen and oxygen atoms in total. The average molecular weight is 391 g/mol. The minimum absolute atomic E-state index is 0.00171. The van der Waals surface area contributed by atoms with Crippen molar-refractivity contribution < 1.29 is 21.6 Å². The number of benzene rings is 1. The molecule has 12 heteroatoms. The zero-order valence-electron chi connectivity index (χ0n) is 12.8. The normalized spacial score (nSPS) is 12.8. The van der Waals surface area contributed by atoms with E-state index in [9.17, 15) is 21.6 Å². The Morgan fingerprint density at radius 3 is 2.72 bits per heavy atom. The van der Waals surface area contributed by atoms with Crippen molar-refractivity contribution in [2.24, 2.45) is 0 Å². The Kier molecular flexibility index (Phi) is 4.51. The second-order valence-corrected chi connectivity index (χ2v) is 7.98. The molecule has 0 saturated carbocycles. The Bertz CT molecular complexity index is 1010. The van der Waals surface area contributed by atoms with Gasteiger partial charge in [0.2, 0.25) is 15.0 Å². The number of sulfonamides is 1. The Hall–Kier alpha value is -2.05. The lowest BCUT2D eigenvalue weighted by Gasteiger charge is -2.06. The Labute approximate surface area is 144 Å². The monoisotopic (exact) mass is 391 g/mol. The first kappa shape index (κ1) is 17.8. The molecule has 2 heterocycles. The molecule has 0 aliphatic heterocycles. The maximum Gasteiger partial charge on any atom is 0.453 e. The standard InChI is InChI=1S/C13H12F3N5O2S2/c1-8-3-2-4-9(7-8)25(22,23)17-6-5-10-20-21-11(13(14,15)16)18-19-12(21)24-10/h2-4,7,17H,5-6H2,1H3. The Balaban J connectivity index is 1.70. The van der Waals surface area contributed by atoms with Crippen molar-refractivity contribution in [1.82, 2.24) is 24.5 Å². The van der Waals surface area contributed by atoms with Gasteiger partial charge in [-0.2, -0.15) is 22.8 Å². The molecule has 0 fully saturated rings. The predicted molar refractivity (Wildman–Crippen MR) is 83.7 cm³/mol. The summed E-state index contributed by atoms with van der Waals surface area (Å²) in [6.07, 6.45) is -4.52. The quantitative estimate of drug-likeness (QED) is 0.719. The molecule has 25 heavy (non-hydrogen) atoms.